The molecule has 1 N–H and O–H groups in total. The number of carbonyl (C=O) groups excluding carboxylic acids is 2. The van der Waals surface area contributed by atoms with Crippen LogP contribution in [-0.2, 0) is 11.4 Å². The molecule has 0 aliphatic carbocycles. The number of ether oxygens (including phenoxy) is 1. The van der Waals surface area contributed by atoms with Crippen LogP contribution in [-0.4, -0.2) is 46.2 Å². The van der Waals surface area contributed by atoms with Crippen molar-refractivity contribution in [1.29, 1.82) is 0 Å². The van der Waals surface area contributed by atoms with Crippen LogP contribution in [0.4, 0.5) is 0 Å². The van der Waals surface area contributed by atoms with Gasteiger partial charge >= 0.3 is 0 Å². The highest BCUT2D eigenvalue weighted by Gasteiger charge is 2.46. The second-order valence-corrected chi connectivity index (χ2v) is 6.71. The maximum Gasteiger partial charge on any atom is 0.274 e. The van der Waals surface area contributed by atoms with Gasteiger partial charge in [-0.3, -0.25) is 14.4 Å². The van der Waals surface area contributed by atoms with Gasteiger partial charge in [0.25, 0.3) is 5.91 Å². The number of carbonyl (C=O) groups is 2. The van der Waals surface area contributed by atoms with Crippen LogP contribution in [0.25, 0.3) is 0 Å². The van der Waals surface area contributed by atoms with E-state index in [1.54, 1.807) is 11.1 Å². The molecule has 4 rings (SSSR count). The van der Waals surface area contributed by atoms with Gasteiger partial charge in [-0.2, -0.15) is 5.10 Å². The summed E-state index contributed by atoms with van der Waals surface area (Å²) in [5.41, 5.74) is -0.191. The van der Waals surface area contributed by atoms with Crippen molar-refractivity contribution < 1.29 is 14.3 Å². The lowest BCUT2D eigenvalue weighted by Crippen LogP contribution is -2.71. The van der Waals surface area contributed by atoms with Gasteiger partial charge in [0.15, 0.2) is 11.4 Å². The van der Waals surface area contributed by atoms with Gasteiger partial charge in [-0.05, 0) is 5.56 Å². The summed E-state index contributed by atoms with van der Waals surface area (Å²) in [4.78, 5) is 38.2. The van der Waals surface area contributed by atoms with Gasteiger partial charge < -0.3 is 15.0 Å². The van der Waals surface area contributed by atoms with E-state index >= 15 is 0 Å². The zero-order valence-electron chi connectivity index (χ0n) is 14.7. The van der Waals surface area contributed by atoms with Crippen molar-refractivity contribution in [2.24, 2.45) is 5.10 Å². The molecule has 8 heteroatoms. The molecule has 0 unspecified atom stereocenters. The zero-order chi connectivity index (χ0) is 19.0. The molecule has 2 aliphatic heterocycles. The molecule has 2 aliphatic rings. The second-order valence-electron chi connectivity index (χ2n) is 6.71. The Labute approximate surface area is 155 Å². The van der Waals surface area contributed by atoms with E-state index in [-0.39, 0.29) is 24.0 Å². The van der Waals surface area contributed by atoms with Gasteiger partial charge in [-0.25, -0.2) is 4.68 Å². The summed E-state index contributed by atoms with van der Waals surface area (Å²) in [7, 11) is 0. The van der Waals surface area contributed by atoms with E-state index in [9.17, 15) is 14.4 Å². The Kier molecular flexibility index (Phi) is 4.02. The third kappa shape index (κ3) is 3.10. The van der Waals surface area contributed by atoms with Crippen molar-refractivity contribution in [2.75, 3.05) is 13.1 Å². The first-order valence-corrected chi connectivity index (χ1v) is 8.53. The quantitative estimate of drug-likeness (QED) is 0.861. The molecule has 2 amide bonds. The Hall–Kier alpha value is -3.42. The van der Waals surface area contributed by atoms with Crippen LogP contribution < -0.4 is 15.5 Å². The van der Waals surface area contributed by atoms with Gasteiger partial charge in [-0.1, -0.05) is 30.3 Å². The average Bonchev–Trinajstić information content (AvgIpc) is 2.77. The van der Waals surface area contributed by atoms with Crippen molar-refractivity contribution in [1.82, 2.24) is 14.9 Å². The van der Waals surface area contributed by atoms with Crippen LogP contribution in [0.15, 0.2) is 52.5 Å². The van der Waals surface area contributed by atoms with E-state index in [1.165, 1.54) is 23.9 Å². The van der Waals surface area contributed by atoms with Crippen molar-refractivity contribution >= 4 is 18.0 Å². The predicted molar refractivity (Wildman–Crippen MR) is 97.8 cm³/mol. The van der Waals surface area contributed by atoms with Gasteiger partial charge in [-0.15, -0.1) is 0 Å². The minimum Gasteiger partial charge on any atom is -0.482 e. The largest absolute Gasteiger partial charge is 0.482 e. The van der Waals surface area contributed by atoms with Gasteiger partial charge in [0.05, 0.1) is 19.3 Å². The average molecular weight is 366 g/mol. The van der Waals surface area contributed by atoms with Crippen LogP contribution in [0.5, 0.6) is 5.75 Å². The van der Waals surface area contributed by atoms with E-state index in [0.717, 1.165) is 5.56 Å². The molecule has 0 atom stereocenters. The summed E-state index contributed by atoms with van der Waals surface area (Å²) in [6.45, 7) is 2.33. The summed E-state index contributed by atoms with van der Waals surface area (Å²) in [6, 6.07) is 10.7. The van der Waals surface area contributed by atoms with Gasteiger partial charge in [0.1, 0.15) is 12.1 Å². The maximum atomic E-state index is 12.8. The topological polar surface area (TPSA) is 93.0 Å². The minimum atomic E-state index is -0.728. The molecule has 1 aromatic carbocycles. The predicted octanol–water partition coefficient (Wildman–Crippen LogP) is 0.605. The summed E-state index contributed by atoms with van der Waals surface area (Å²) in [6.07, 6.45) is 3.04. The molecule has 27 heavy (non-hydrogen) atoms. The number of hydrogen-bond donors (Lipinski definition) is 1. The molecule has 1 spiro atoms. The number of nitrogens with one attached hydrogen (secondary N) is 1. The number of nitrogens with zero attached hydrogens (tertiary/aromatic N) is 3. The Morgan fingerprint density at radius 3 is 2.67 bits per heavy atom. The third-order valence-corrected chi connectivity index (χ3v) is 4.66. The van der Waals surface area contributed by atoms with E-state index in [4.69, 9.17) is 4.74 Å². The molecule has 1 fully saturated rings. The number of benzene rings is 1. The van der Waals surface area contributed by atoms with E-state index < -0.39 is 16.9 Å². The van der Waals surface area contributed by atoms with Crippen LogP contribution in [0.2, 0.25) is 0 Å². The first-order valence-electron chi connectivity index (χ1n) is 8.53. The minimum absolute atomic E-state index is 0.0456. The first kappa shape index (κ1) is 17.0. The summed E-state index contributed by atoms with van der Waals surface area (Å²) in [5.74, 6) is -0.571. The summed E-state index contributed by atoms with van der Waals surface area (Å²) < 4.78 is 7.03. The Balaban J connectivity index is 1.62. The lowest BCUT2D eigenvalue weighted by Gasteiger charge is -2.47. The number of amides is 2. The molecular formula is C19H18N4O4. The number of aromatic nitrogens is 1. The van der Waals surface area contributed by atoms with Gasteiger partial charge in [0.2, 0.25) is 11.3 Å². The Bertz CT molecular complexity index is 991. The number of fused-ring (bicyclic) bond motifs is 1. The standard InChI is InChI=1S/C19H18N4O4/c1-13(24)22-11-19(12-22)10-20-23-8-7-15(25)17(16(23)18(26)21-19)27-9-14-5-3-2-4-6-14/h2-8,10H,9,11-12H2,1H3,(H,21,26). The molecule has 1 aromatic heterocycles. The zero-order valence-corrected chi connectivity index (χ0v) is 14.7. The van der Waals surface area contributed by atoms with Crippen molar-refractivity contribution in [2.45, 2.75) is 19.1 Å². The van der Waals surface area contributed by atoms with E-state index in [0.29, 0.717) is 13.1 Å². The highest BCUT2D eigenvalue weighted by Crippen LogP contribution is 2.24. The first-order chi connectivity index (χ1) is 13.0. The van der Waals surface area contributed by atoms with Crippen LogP contribution in [0, 0.1) is 0 Å². The lowest BCUT2D eigenvalue weighted by molar-refractivity contribution is -0.134. The molecule has 3 heterocycles. The molecule has 0 bridgehead atoms. The fraction of sp³-hybridized carbons (Fsp3) is 0.263. The van der Waals surface area contributed by atoms with Crippen molar-refractivity contribution in [3.8, 4) is 5.75 Å². The summed E-state index contributed by atoms with van der Waals surface area (Å²) in [5, 5.41) is 7.19. The molecule has 2 aromatic rings. The van der Waals surface area contributed by atoms with Crippen molar-refractivity contribution in [3.05, 3.63) is 64.1 Å². The fourth-order valence-electron chi connectivity index (χ4n) is 3.19. The highest BCUT2D eigenvalue weighted by atomic mass is 16.5. The molecule has 0 radical (unpaired) electrons. The van der Waals surface area contributed by atoms with E-state index in [2.05, 4.69) is 10.4 Å². The second kappa shape index (κ2) is 6.39. The number of likely N-dealkylation sites (tertiary alicyclic amines) is 1. The maximum absolute atomic E-state index is 12.8. The fourth-order valence-corrected chi connectivity index (χ4v) is 3.19. The number of pyridine rings is 1. The number of rotatable bonds is 3. The lowest BCUT2D eigenvalue weighted by atomic mass is 9.91. The van der Waals surface area contributed by atoms with Crippen molar-refractivity contribution in [3.63, 3.8) is 0 Å². The summed E-state index contributed by atoms with van der Waals surface area (Å²) >= 11 is 0. The number of hydrogen-bond acceptors (Lipinski definition) is 5. The van der Waals surface area contributed by atoms with E-state index in [1.807, 2.05) is 30.3 Å². The van der Waals surface area contributed by atoms with Crippen LogP contribution in [0.3, 0.4) is 0 Å². The molecule has 138 valence electrons. The normalized spacial score (nSPS) is 16.9. The monoisotopic (exact) mass is 366 g/mol. The smallest absolute Gasteiger partial charge is 0.274 e. The SMILES string of the molecule is CC(=O)N1CC2(C=Nn3ccc(=O)c(OCc4ccccc4)c3C(=O)N2)C1. The Morgan fingerprint density at radius 2 is 1.96 bits per heavy atom. The van der Waals surface area contributed by atoms with Crippen LogP contribution >= 0.6 is 0 Å². The molecule has 1 saturated heterocycles. The molecular weight excluding hydrogens is 348 g/mol. The molecule has 0 saturated carbocycles. The van der Waals surface area contributed by atoms with Gasteiger partial charge in [0, 0.05) is 19.2 Å². The third-order valence-electron chi connectivity index (χ3n) is 4.66. The van der Waals surface area contributed by atoms with Crippen LogP contribution in [0.1, 0.15) is 23.0 Å². The molecule has 8 nitrogen and oxygen atoms in total. The highest BCUT2D eigenvalue weighted by molar-refractivity contribution is 5.99. The Morgan fingerprint density at radius 1 is 1.22 bits per heavy atom.